The Kier molecular flexibility index (Phi) is 6.03. The Morgan fingerprint density at radius 1 is 1.41 bits per heavy atom. The number of anilines is 1. The van der Waals surface area contributed by atoms with E-state index in [0.29, 0.717) is 34.7 Å². The molecule has 7 heteroatoms. The largest absolute Gasteiger partial charge is 0.462 e. The minimum Gasteiger partial charge on any atom is -0.462 e. The molecule has 2 aromatic rings. The molecule has 0 amide bonds. The summed E-state index contributed by atoms with van der Waals surface area (Å²) in [7, 11) is 0. The van der Waals surface area contributed by atoms with E-state index in [1.165, 1.54) is 18.0 Å². The number of hydrogen-bond donors (Lipinski definition) is 1. The van der Waals surface area contributed by atoms with Crippen molar-refractivity contribution in [1.82, 2.24) is 9.97 Å². The van der Waals surface area contributed by atoms with Crippen LogP contribution in [0.2, 0.25) is 5.02 Å². The van der Waals surface area contributed by atoms with Gasteiger partial charge in [-0.2, -0.15) is 0 Å². The maximum atomic E-state index is 12.0. The van der Waals surface area contributed by atoms with Gasteiger partial charge >= 0.3 is 5.97 Å². The van der Waals surface area contributed by atoms with Crippen molar-refractivity contribution in [2.45, 2.75) is 18.6 Å². The number of esters is 1. The number of rotatable bonds is 6. The molecule has 0 unspecified atom stereocenters. The number of nitrogens with one attached hydrogen (secondary N) is 1. The van der Waals surface area contributed by atoms with Crippen molar-refractivity contribution in [2.24, 2.45) is 0 Å². The zero-order chi connectivity index (χ0) is 15.9. The first-order valence-corrected chi connectivity index (χ1v) is 8.31. The number of halogens is 1. The Hall–Kier alpha value is -1.79. The fourth-order valence-corrected chi connectivity index (χ4v) is 2.32. The maximum absolute atomic E-state index is 12.0. The Balaban J connectivity index is 2.24. The third-order valence-electron chi connectivity index (χ3n) is 2.85. The summed E-state index contributed by atoms with van der Waals surface area (Å²) >= 11 is 7.53. The van der Waals surface area contributed by atoms with Gasteiger partial charge in [-0.15, -0.1) is 0 Å². The Labute approximate surface area is 138 Å². The van der Waals surface area contributed by atoms with Gasteiger partial charge in [-0.1, -0.05) is 41.6 Å². The summed E-state index contributed by atoms with van der Waals surface area (Å²) in [5.74, 6) is -0.00506. The van der Waals surface area contributed by atoms with Crippen molar-refractivity contribution in [2.75, 3.05) is 18.2 Å². The fraction of sp³-hybridized carbons (Fsp3) is 0.267. The quantitative estimate of drug-likeness (QED) is 0.493. The topological polar surface area (TPSA) is 64.1 Å². The highest BCUT2D eigenvalue weighted by Gasteiger charge is 2.16. The van der Waals surface area contributed by atoms with E-state index in [0.717, 1.165) is 5.56 Å². The monoisotopic (exact) mass is 337 g/mol. The van der Waals surface area contributed by atoms with Crippen molar-refractivity contribution < 1.29 is 9.53 Å². The Bertz CT molecular complexity index is 667. The normalized spacial score (nSPS) is 10.3. The first kappa shape index (κ1) is 16.6. The molecule has 0 saturated heterocycles. The molecule has 116 valence electrons. The number of thioether (sulfide) groups is 1. The van der Waals surface area contributed by atoms with E-state index in [1.54, 1.807) is 6.92 Å². The molecule has 1 aromatic heterocycles. The van der Waals surface area contributed by atoms with Crippen LogP contribution in [0.25, 0.3) is 0 Å². The molecule has 1 N–H and O–H groups in total. The zero-order valence-corrected chi connectivity index (χ0v) is 13.9. The summed E-state index contributed by atoms with van der Waals surface area (Å²) in [6.07, 6.45) is 3.35. The molecule has 5 nitrogen and oxygen atoms in total. The van der Waals surface area contributed by atoms with Crippen LogP contribution in [0.4, 0.5) is 5.82 Å². The summed E-state index contributed by atoms with van der Waals surface area (Å²) in [6.45, 7) is 2.51. The average Bonchev–Trinajstić information content (AvgIpc) is 2.54. The number of ether oxygens (including phenoxy) is 1. The fourth-order valence-electron chi connectivity index (χ4n) is 1.78. The van der Waals surface area contributed by atoms with Crippen molar-refractivity contribution >= 4 is 35.1 Å². The smallest absolute Gasteiger partial charge is 0.343 e. The van der Waals surface area contributed by atoms with Crippen LogP contribution in [0.5, 0.6) is 0 Å². The first-order valence-electron chi connectivity index (χ1n) is 6.71. The van der Waals surface area contributed by atoms with Crippen LogP contribution < -0.4 is 5.32 Å². The van der Waals surface area contributed by atoms with E-state index in [-0.39, 0.29) is 0 Å². The van der Waals surface area contributed by atoms with Gasteiger partial charge in [0.25, 0.3) is 0 Å². The summed E-state index contributed by atoms with van der Waals surface area (Å²) in [6, 6.07) is 7.50. The number of benzene rings is 1. The van der Waals surface area contributed by atoms with Gasteiger partial charge in [0.15, 0.2) is 5.16 Å². The van der Waals surface area contributed by atoms with Crippen LogP contribution in [0.3, 0.4) is 0 Å². The molecule has 0 atom stereocenters. The molecule has 2 rings (SSSR count). The number of aromatic nitrogens is 2. The van der Waals surface area contributed by atoms with Gasteiger partial charge in [-0.25, -0.2) is 14.8 Å². The Morgan fingerprint density at radius 2 is 2.18 bits per heavy atom. The molecule has 1 aromatic carbocycles. The maximum Gasteiger partial charge on any atom is 0.343 e. The molecule has 0 saturated carbocycles. The lowest BCUT2D eigenvalue weighted by atomic mass is 10.2. The van der Waals surface area contributed by atoms with Gasteiger partial charge in [-0.05, 0) is 24.8 Å². The van der Waals surface area contributed by atoms with E-state index in [2.05, 4.69) is 15.3 Å². The predicted octanol–water partition coefficient (Wildman–Crippen LogP) is 3.64. The van der Waals surface area contributed by atoms with Crippen molar-refractivity contribution in [3.8, 4) is 0 Å². The second-order valence-electron chi connectivity index (χ2n) is 4.28. The number of hydrogen-bond acceptors (Lipinski definition) is 6. The van der Waals surface area contributed by atoms with Gasteiger partial charge in [0, 0.05) is 17.8 Å². The van der Waals surface area contributed by atoms with Crippen molar-refractivity contribution in [1.29, 1.82) is 0 Å². The Morgan fingerprint density at radius 3 is 2.86 bits per heavy atom. The minimum absolute atomic E-state index is 0.299. The lowest BCUT2D eigenvalue weighted by Gasteiger charge is -2.11. The average molecular weight is 338 g/mol. The number of nitrogens with zero attached hydrogens (tertiary/aromatic N) is 2. The second kappa shape index (κ2) is 8.00. The minimum atomic E-state index is -0.447. The zero-order valence-electron chi connectivity index (χ0n) is 12.3. The van der Waals surface area contributed by atoms with Crippen LogP contribution in [0, 0.1) is 0 Å². The van der Waals surface area contributed by atoms with E-state index in [1.807, 2.05) is 30.5 Å². The van der Waals surface area contributed by atoms with E-state index in [9.17, 15) is 4.79 Å². The van der Waals surface area contributed by atoms with Gasteiger partial charge in [0.1, 0.15) is 11.4 Å². The first-order chi connectivity index (χ1) is 10.7. The van der Waals surface area contributed by atoms with Gasteiger partial charge in [0.05, 0.1) is 6.61 Å². The SMILES string of the molecule is CCOC(=O)c1cnc(SC)nc1NCc1ccccc1Cl. The highest BCUT2D eigenvalue weighted by atomic mass is 35.5. The molecule has 0 radical (unpaired) electrons. The standard InChI is InChI=1S/C15H16ClN3O2S/c1-3-21-14(20)11-9-18-15(22-2)19-13(11)17-8-10-6-4-5-7-12(10)16/h4-7,9H,3,8H2,1-2H3,(H,17,18,19). The lowest BCUT2D eigenvalue weighted by molar-refractivity contribution is 0.0526. The molecule has 22 heavy (non-hydrogen) atoms. The molecular weight excluding hydrogens is 322 g/mol. The highest BCUT2D eigenvalue weighted by Crippen LogP contribution is 2.20. The van der Waals surface area contributed by atoms with E-state index in [4.69, 9.17) is 16.3 Å². The molecule has 0 aliphatic heterocycles. The van der Waals surface area contributed by atoms with Crippen molar-refractivity contribution in [3.63, 3.8) is 0 Å². The molecule has 1 heterocycles. The van der Waals surface area contributed by atoms with Crippen molar-refractivity contribution in [3.05, 3.63) is 46.6 Å². The van der Waals surface area contributed by atoms with Crippen LogP contribution in [0.15, 0.2) is 35.6 Å². The molecule has 0 aliphatic carbocycles. The number of carbonyl (C=O) groups is 1. The van der Waals surface area contributed by atoms with E-state index >= 15 is 0 Å². The van der Waals surface area contributed by atoms with Gasteiger partial charge in [0.2, 0.25) is 0 Å². The van der Waals surface area contributed by atoms with Gasteiger partial charge in [-0.3, -0.25) is 0 Å². The van der Waals surface area contributed by atoms with E-state index < -0.39 is 5.97 Å². The second-order valence-corrected chi connectivity index (χ2v) is 5.47. The number of carbonyl (C=O) groups excluding carboxylic acids is 1. The predicted molar refractivity (Wildman–Crippen MR) is 88.5 cm³/mol. The van der Waals surface area contributed by atoms with Crippen LogP contribution in [-0.2, 0) is 11.3 Å². The summed E-state index contributed by atoms with van der Waals surface area (Å²) in [4.78, 5) is 20.4. The van der Waals surface area contributed by atoms with Gasteiger partial charge < -0.3 is 10.1 Å². The molecule has 0 aliphatic rings. The molecule has 0 spiro atoms. The molecular formula is C15H16ClN3O2S. The summed E-state index contributed by atoms with van der Waals surface area (Å²) in [5, 5.41) is 4.37. The molecule has 0 fully saturated rings. The summed E-state index contributed by atoms with van der Waals surface area (Å²) < 4.78 is 5.03. The van der Waals surface area contributed by atoms with Crippen LogP contribution >= 0.6 is 23.4 Å². The summed E-state index contributed by atoms with van der Waals surface area (Å²) in [5.41, 5.74) is 1.23. The highest BCUT2D eigenvalue weighted by molar-refractivity contribution is 7.98. The third kappa shape index (κ3) is 4.11. The van der Waals surface area contributed by atoms with Crippen LogP contribution in [0.1, 0.15) is 22.8 Å². The lowest BCUT2D eigenvalue weighted by Crippen LogP contribution is -2.12. The molecule has 0 bridgehead atoms. The third-order valence-corrected chi connectivity index (χ3v) is 3.78. The van der Waals surface area contributed by atoms with Crippen LogP contribution in [-0.4, -0.2) is 28.8 Å².